The predicted molar refractivity (Wildman–Crippen MR) is 121 cm³/mol. The van der Waals surface area contributed by atoms with Gasteiger partial charge >= 0.3 is 0 Å². The summed E-state index contributed by atoms with van der Waals surface area (Å²) in [6.07, 6.45) is 0. The summed E-state index contributed by atoms with van der Waals surface area (Å²) in [6, 6.07) is 18.7. The highest BCUT2D eigenvalue weighted by Gasteiger charge is 2.21. The van der Waals surface area contributed by atoms with E-state index in [1.165, 1.54) is 18.3 Å². The van der Waals surface area contributed by atoms with Crippen LogP contribution in [0.2, 0.25) is 0 Å². The van der Waals surface area contributed by atoms with Crippen molar-refractivity contribution in [3.05, 3.63) is 83.4 Å². The molecule has 0 aliphatic rings. The van der Waals surface area contributed by atoms with Crippen molar-refractivity contribution in [3.8, 4) is 11.5 Å². The van der Waals surface area contributed by atoms with Crippen LogP contribution in [0.15, 0.2) is 71.6 Å². The van der Waals surface area contributed by atoms with Gasteiger partial charge in [-0.15, -0.1) is 0 Å². The number of ether oxygens (including phenoxy) is 2. The molecule has 0 atom stereocenters. The number of methoxy groups -OCH3 is 1. The molecule has 3 aromatic carbocycles. The Balaban J connectivity index is 1.74. The van der Waals surface area contributed by atoms with E-state index >= 15 is 0 Å². The highest BCUT2D eigenvalue weighted by atomic mass is 32.2. The third-order valence-corrected chi connectivity index (χ3v) is 6.76. The van der Waals surface area contributed by atoms with Crippen LogP contribution in [0.4, 0.5) is 5.69 Å². The molecule has 0 fully saturated rings. The number of hydrogen-bond donors (Lipinski definition) is 0. The zero-order chi connectivity index (χ0) is 22.6. The number of ketones is 1. The van der Waals surface area contributed by atoms with Crippen molar-refractivity contribution in [2.75, 3.05) is 18.5 Å². The Morgan fingerprint density at radius 1 is 0.968 bits per heavy atom. The number of rotatable bonds is 8. The molecule has 0 bridgehead atoms. The standard InChI is InChI=1S/C24H25NO5S/c1-17-5-12-23(13-6-17)31(27,28)25(3)21-8-10-22(11-9-21)30-16-20-15-19(18(2)26)7-14-24(20)29-4/h5-15H,16H2,1-4H3. The van der Waals surface area contributed by atoms with E-state index in [1.54, 1.807) is 73.8 Å². The van der Waals surface area contributed by atoms with Gasteiger partial charge in [-0.1, -0.05) is 17.7 Å². The number of benzene rings is 3. The topological polar surface area (TPSA) is 72.9 Å². The van der Waals surface area contributed by atoms with Crippen LogP contribution in [0, 0.1) is 6.92 Å². The van der Waals surface area contributed by atoms with Crippen LogP contribution >= 0.6 is 0 Å². The lowest BCUT2D eigenvalue weighted by Gasteiger charge is -2.20. The average molecular weight is 440 g/mol. The van der Waals surface area contributed by atoms with Crippen molar-refractivity contribution < 1.29 is 22.7 Å². The average Bonchev–Trinajstić information content (AvgIpc) is 2.77. The number of carbonyl (C=O) groups is 1. The number of carbonyl (C=O) groups excluding carboxylic acids is 1. The van der Waals surface area contributed by atoms with Gasteiger partial charge in [0, 0.05) is 18.2 Å². The van der Waals surface area contributed by atoms with E-state index in [-0.39, 0.29) is 17.3 Å². The van der Waals surface area contributed by atoms with Crippen LogP contribution in [0.3, 0.4) is 0 Å². The minimum absolute atomic E-state index is 0.0360. The second-order valence-electron chi connectivity index (χ2n) is 7.15. The molecule has 0 saturated heterocycles. The molecule has 0 radical (unpaired) electrons. The Labute approximate surface area is 183 Å². The lowest BCUT2D eigenvalue weighted by atomic mass is 10.1. The highest BCUT2D eigenvalue weighted by Crippen LogP contribution is 2.26. The van der Waals surface area contributed by atoms with Gasteiger partial charge in [-0.25, -0.2) is 8.42 Å². The second kappa shape index (κ2) is 9.22. The van der Waals surface area contributed by atoms with Crippen molar-refractivity contribution in [3.63, 3.8) is 0 Å². The van der Waals surface area contributed by atoms with Crippen molar-refractivity contribution in [1.82, 2.24) is 0 Å². The van der Waals surface area contributed by atoms with Gasteiger partial charge in [-0.05, 0) is 68.4 Å². The van der Waals surface area contributed by atoms with E-state index < -0.39 is 10.0 Å². The number of hydrogen-bond acceptors (Lipinski definition) is 5. The van der Waals surface area contributed by atoms with E-state index in [0.717, 1.165) is 11.1 Å². The summed E-state index contributed by atoms with van der Waals surface area (Å²) in [6.45, 7) is 3.62. The number of nitrogens with zero attached hydrogens (tertiary/aromatic N) is 1. The van der Waals surface area contributed by atoms with E-state index in [4.69, 9.17) is 9.47 Å². The molecule has 0 N–H and O–H groups in total. The summed E-state index contributed by atoms with van der Waals surface area (Å²) in [5, 5.41) is 0. The zero-order valence-electron chi connectivity index (χ0n) is 18.0. The molecule has 0 unspecified atom stereocenters. The number of anilines is 1. The normalized spacial score (nSPS) is 11.1. The second-order valence-corrected chi connectivity index (χ2v) is 9.12. The third kappa shape index (κ3) is 5.06. The highest BCUT2D eigenvalue weighted by molar-refractivity contribution is 7.92. The first-order chi connectivity index (χ1) is 14.7. The molecule has 6 nitrogen and oxygen atoms in total. The molecule has 0 amide bonds. The summed E-state index contributed by atoms with van der Waals surface area (Å²) in [5.74, 6) is 1.16. The van der Waals surface area contributed by atoms with Crippen molar-refractivity contribution in [2.24, 2.45) is 0 Å². The quantitative estimate of drug-likeness (QED) is 0.479. The van der Waals surface area contributed by atoms with Gasteiger partial charge < -0.3 is 9.47 Å². The maximum atomic E-state index is 12.9. The Bertz CT molecular complexity index is 1170. The summed E-state index contributed by atoms with van der Waals surface area (Å²) in [7, 11) is -0.577. The lowest BCUT2D eigenvalue weighted by molar-refractivity contribution is 0.101. The molecule has 0 aliphatic carbocycles. The molecule has 0 aromatic heterocycles. The zero-order valence-corrected chi connectivity index (χ0v) is 18.8. The van der Waals surface area contributed by atoms with Crippen molar-refractivity contribution in [2.45, 2.75) is 25.3 Å². The third-order valence-electron chi connectivity index (χ3n) is 4.96. The van der Waals surface area contributed by atoms with Crippen molar-refractivity contribution in [1.29, 1.82) is 0 Å². The molecule has 7 heteroatoms. The summed E-state index contributed by atoms with van der Waals surface area (Å²) in [4.78, 5) is 11.9. The number of Topliss-reactive ketones (excluding diaryl/α,β-unsaturated/α-hetero) is 1. The fourth-order valence-corrected chi connectivity index (χ4v) is 4.23. The lowest BCUT2D eigenvalue weighted by Crippen LogP contribution is -2.26. The van der Waals surface area contributed by atoms with Gasteiger partial charge in [0.05, 0.1) is 17.7 Å². The maximum absolute atomic E-state index is 12.9. The van der Waals surface area contributed by atoms with E-state index in [9.17, 15) is 13.2 Å². The predicted octanol–water partition coefficient (Wildman–Crippen LogP) is 4.61. The number of sulfonamides is 1. The van der Waals surface area contributed by atoms with Crippen molar-refractivity contribution >= 4 is 21.5 Å². The Morgan fingerprint density at radius 3 is 2.19 bits per heavy atom. The molecule has 0 saturated carbocycles. The summed E-state index contributed by atoms with van der Waals surface area (Å²) < 4.78 is 38.1. The molecule has 0 heterocycles. The Hall–Kier alpha value is -3.32. The monoisotopic (exact) mass is 439 g/mol. The fraction of sp³-hybridized carbons (Fsp3) is 0.208. The minimum atomic E-state index is -3.65. The van der Waals surface area contributed by atoms with E-state index in [0.29, 0.717) is 22.7 Å². The molecule has 0 aliphatic heterocycles. The van der Waals surface area contributed by atoms with Crippen LogP contribution in [0.5, 0.6) is 11.5 Å². The van der Waals surface area contributed by atoms with Gasteiger partial charge in [0.25, 0.3) is 10.0 Å². The first-order valence-electron chi connectivity index (χ1n) is 9.68. The summed E-state index contributed by atoms with van der Waals surface area (Å²) >= 11 is 0. The molecule has 3 aromatic rings. The van der Waals surface area contributed by atoms with Gasteiger partial charge in [0.15, 0.2) is 5.78 Å². The van der Waals surface area contributed by atoms with Crippen LogP contribution in [0.1, 0.15) is 28.4 Å². The molecule has 3 rings (SSSR count). The van der Waals surface area contributed by atoms with Gasteiger partial charge in [-0.3, -0.25) is 9.10 Å². The van der Waals surface area contributed by atoms with Gasteiger partial charge in [0.2, 0.25) is 0 Å². The molecule has 162 valence electrons. The van der Waals surface area contributed by atoms with Gasteiger partial charge in [0.1, 0.15) is 18.1 Å². The van der Waals surface area contributed by atoms with E-state index in [1.807, 2.05) is 6.92 Å². The molecule has 31 heavy (non-hydrogen) atoms. The summed E-state index contributed by atoms with van der Waals surface area (Å²) in [5.41, 5.74) is 2.84. The first-order valence-corrected chi connectivity index (χ1v) is 11.1. The van der Waals surface area contributed by atoms with Crippen LogP contribution in [-0.4, -0.2) is 28.4 Å². The van der Waals surface area contributed by atoms with Gasteiger partial charge in [-0.2, -0.15) is 0 Å². The van der Waals surface area contributed by atoms with Crippen LogP contribution < -0.4 is 13.8 Å². The molecular weight excluding hydrogens is 414 g/mol. The maximum Gasteiger partial charge on any atom is 0.264 e. The minimum Gasteiger partial charge on any atom is -0.496 e. The Kier molecular flexibility index (Phi) is 6.65. The fourth-order valence-electron chi connectivity index (χ4n) is 3.03. The number of aryl methyl sites for hydroxylation is 1. The Morgan fingerprint density at radius 2 is 1.61 bits per heavy atom. The molecule has 0 spiro atoms. The molecular formula is C24H25NO5S. The SMILES string of the molecule is COc1ccc(C(C)=O)cc1COc1ccc(N(C)S(=O)(=O)c2ccc(C)cc2)cc1. The first kappa shape index (κ1) is 22.4. The largest absolute Gasteiger partial charge is 0.496 e. The smallest absolute Gasteiger partial charge is 0.264 e. The van der Waals surface area contributed by atoms with E-state index in [2.05, 4.69) is 0 Å². The van der Waals surface area contributed by atoms with Crippen LogP contribution in [0.25, 0.3) is 0 Å². The van der Waals surface area contributed by atoms with Crippen LogP contribution in [-0.2, 0) is 16.6 Å².